The van der Waals surface area contributed by atoms with E-state index < -0.39 is 0 Å². The first-order chi connectivity index (χ1) is 4.98. The second-order valence-electron chi connectivity index (χ2n) is 4.01. The molecular formula is C9H22N2. The fraction of sp³-hybridized carbons (Fsp3) is 1.00. The largest absolute Gasteiger partial charge is 0.330 e. The molecule has 0 aromatic rings. The molecule has 0 rings (SSSR count). The summed E-state index contributed by atoms with van der Waals surface area (Å²) < 4.78 is 0. The molecular weight excluding hydrogens is 136 g/mol. The van der Waals surface area contributed by atoms with Crippen molar-refractivity contribution >= 4 is 0 Å². The molecule has 0 unspecified atom stereocenters. The monoisotopic (exact) mass is 158 g/mol. The van der Waals surface area contributed by atoms with Gasteiger partial charge in [-0.2, -0.15) is 0 Å². The lowest BCUT2D eigenvalue weighted by Crippen LogP contribution is -2.39. The molecule has 0 heterocycles. The van der Waals surface area contributed by atoms with Gasteiger partial charge in [-0.3, -0.25) is 0 Å². The lowest BCUT2D eigenvalue weighted by Gasteiger charge is -2.27. The van der Waals surface area contributed by atoms with Crippen LogP contribution < -0.4 is 11.5 Å². The molecule has 0 aromatic carbocycles. The Morgan fingerprint density at radius 3 is 2.18 bits per heavy atom. The molecule has 0 saturated carbocycles. The third kappa shape index (κ3) is 5.22. The van der Waals surface area contributed by atoms with Gasteiger partial charge < -0.3 is 11.5 Å². The van der Waals surface area contributed by atoms with Crippen LogP contribution in [0, 0.1) is 5.92 Å². The Bertz CT molecular complexity index is 94.2. The lowest BCUT2D eigenvalue weighted by atomic mass is 9.86. The van der Waals surface area contributed by atoms with Gasteiger partial charge in [0, 0.05) is 5.54 Å². The second kappa shape index (κ2) is 4.73. The first-order valence-electron chi connectivity index (χ1n) is 4.47. The van der Waals surface area contributed by atoms with E-state index >= 15 is 0 Å². The summed E-state index contributed by atoms with van der Waals surface area (Å²) in [6, 6.07) is 0. The first kappa shape index (κ1) is 10.9. The van der Waals surface area contributed by atoms with Crippen molar-refractivity contribution in [3.63, 3.8) is 0 Å². The molecule has 4 N–H and O–H groups in total. The summed E-state index contributed by atoms with van der Waals surface area (Å²) >= 11 is 0. The maximum atomic E-state index is 5.93. The fourth-order valence-corrected chi connectivity index (χ4v) is 0.967. The van der Waals surface area contributed by atoms with Crippen LogP contribution in [-0.2, 0) is 0 Å². The molecule has 11 heavy (non-hydrogen) atoms. The van der Waals surface area contributed by atoms with Gasteiger partial charge in [-0.05, 0) is 39.2 Å². The molecule has 0 fully saturated rings. The zero-order chi connectivity index (χ0) is 8.91. The summed E-state index contributed by atoms with van der Waals surface area (Å²) in [7, 11) is 0. The van der Waals surface area contributed by atoms with Crippen LogP contribution in [0.15, 0.2) is 0 Å². The topological polar surface area (TPSA) is 52.0 Å². The maximum absolute atomic E-state index is 5.93. The van der Waals surface area contributed by atoms with Gasteiger partial charge in [0.05, 0.1) is 0 Å². The highest BCUT2D eigenvalue weighted by molar-refractivity contribution is 4.78. The molecule has 0 aliphatic heterocycles. The molecule has 0 saturated heterocycles. The maximum Gasteiger partial charge on any atom is 0.0123 e. The molecule has 1 atom stereocenters. The van der Waals surface area contributed by atoms with Gasteiger partial charge in [-0.25, -0.2) is 0 Å². The lowest BCUT2D eigenvalue weighted by molar-refractivity contribution is 0.318. The number of unbranched alkanes of at least 4 members (excludes halogenated alkanes) is 1. The Kier molecular flexibility index (Phi) is 4.69. The molecule has 0 amide bonds. The molecule has 2 nitrogen and oxygen atoms in total. The number of rotatable bonds is 5. The van der Waals surface area contributed by atoms with Crippen LogP contribution in [-0.4, -0.2) is 12.1 Å². The summed E-state index contributed by atoms with van der Waals surface area (Å²) in [6.45, 7) is 7.18. The molecule has 0 spiro atoms. The van der Waals surface area contributed by atoms with Crippen molar-refractivity contribution in [2.45, 2.75) is 45.6 Å². The third-order valence-corrected chi connectivity index (χ3v) is 2.36. The van der Waals surface area contributed by atoms with E-state index in [9.17, 15) is 0 Å². The summed E-state index contributed by atoms with van der Waals surface area (Å²) in [4.78, 5) is 0. The standard InChI is InChI=1S/C9H22N2/c1-8(9(2,3)11)6-4-5-7-10/h8H,4-7,10-11H2,1-3H3/t8-/m0/s1. The van der Waals surface area contributed by atoms with Gasteiger partial charge >= 0.3 is 0 Å². The van der Waals surface area contributed by atoms with Crippen LogP contribution in [0.1, 0.15) is 40.0 Å². The average Bonchev–Trinajstić information content (AvgIpc) is 1.86. The minimum Gasteiger partial charge on any atom is -0.330 e. The van der Waals surface area contributed by atoms with E-state index in [1.54, 1.807) is 0 Å². The molecule has 2 heteroatoms. The van der Waals surface area contributed by atoms with Crippen molar-refractivity contribution in [3.8, 4) is 0 Å². The van der Waals surface area contributed by atoms with Gasteiger partial charge in [-0.1, -0.05) is 13.3 Å². The Morgan fingerprint density at radius 1 is 1.27 bits per heavy atom. The van der Waals surface area contributed by atoms with E-state index in [-0.39, 0.29) is 5.54 Å². The minimum absolute atomic E-state index is 0.0331. The minimum atomic E-state index is -0.0331. The molecule has 0 aliphatic carbocycles. The number of hydrogen-bond donors (Lipinski definition) is 2. The summed E-state index contributed by atoms with van der Waals surface area (Å²) in [5.74, 6) is 0.592. The summed E-state index contributed by atoms with van der Waals surface area (Å²) in [5.41, 5.74) is 11.3. The van der Waals surface area contributed by atoms with E-state index in [0.29, 0.717) is 5.92 Å². The van der Waals surface area contributed by atoms with Crippen LogP contribution in [0.4, 0.5) is 0 Å². The van der Waals surface area contributed by atoms with Crippen molar-refractivity contribution in [3.05, 3.63) is 0 Å². The van der Waals surface area contributed by atoms with Crippen molar-refractivity contribution in [2.24, 2.45) is 17.4 Å². The third-order valence-electron chi connectivity index (χ3n) is 2.36. The molecule has 0 aliphatic rings. The van der Waals surface area contributed by atoms with Crippen molar-refractivity contribution in [2.75, 3.05) is 6.54 Å². The molecule has 68 valence electrons. The molecule has 0 bridgehead atoms. The zero-order valence-corrected chi connectivity index (χ0v) is 8.06. The van der Waals surface area contributed by atoms with E-state index in [4.69, 9.17) is 11.5 Å². The Hall–Kier alpha value is -0.0800. The van der Waals surface area contributed by atoms with Gasteiger partial charge in [0.2, 0.25) is 0 Å². The normalized spacial score (nSPS) is 15.0. The van der Waals surface area contributed by atoms with Gasteiger partial charge in [0.25, 0.3) is 0 Å². The molecule has 0 radical (unpaired) electrons. The second-order valence-corrected chi connectivity index (χ2v) is 4.01. The van der Waals surface area contributed by atoms with Gasteiger partial charge in [0.15, 0.2) is 0 Å². The zero-order valence-electron chi connectivity index (χ0n) is 8.06. The highest BCUT2D eigenvalue weighted by atomic mass is 14.7. The smallest absolute Gasteiger partial charge is 0.0123 e. The number of hydrogen-bond acceptors (Lipinski definition) is 2. The van der Waals surface area contributed by atoms with Crippen LogP contribution in [0.3, 0.4) is 0 Å². The van der Waals surface area contributed by atoms with Crippen LogP contribution in [0.25, 0.3) is 0 Å². The first-order valence-corrected chi connectivity index (χ1v) is 4.47. The average molecular weight is 158 g/mol. The number of nitrogens with two attached hydrogens (primary N) is 2. The Labute approximate surface area is 70.3 Å². The van der Waals surface area contributed by atoms with Crippen molar-refractivity contribution < 1.29 is 0 Å². The van der Waals surface area contributed by atoms with Crippen molar-refractivity contribution in [1.29, 1.82) is 0 Å². The van der Waals surface area contributed by atoms with E-state index in [1.807, 2.05) is 0 Å². The predicted octanol–water partition coefficient (Wildman–Crippen LogP) is 1.49. The Morgan fingerprint density at radius 2 is 1.82 bits per heavy atom. The van der Waals surface area contributed by atoms with E-state index in [0.717, 1.165) is 13.0 Å². The highest BCUT2D eigenvalue weighted by Crippen LogP contribution is 2.18. The quantitative estimate of drug-likeness (QED) is 0.596. The molecule has 0 aromatic heterocycles. The summed E-state index contributed by atoms with van der Waals surface area (Å²) in [5, 5.41) is 0. The van der Waals surface area contributed by atoms with Crippen LogP contribution >= 0.6 is 0 Å². The SMILES string of the molecule is C[C@@H](CCCCN)C(C)(C)N. The predicted molar refractivity (Wildman–Crippen MR) is 50.3 cm³/mol. The van der Waals surface area contributed by atoms with E-state index in [1.165, 1.54) is 12.8 Å². The fourth-order valence-electron chi connectivity index (χ4n) is 0.967. The van der Waals surface area contributed by atoms with Gasteiger partial charge in [-0.15, -0.1) is 0 Å². The Balaban J connectivity index is 3.44. The van der Waals surface area contributed by atoms with Gasteiger partial charge in [0.1, 0.15) is 0 Å². The van der Waals surface area contributed by atoms with E-state index in [2.05, 4.69) is 20.8 Å². The highest BCUT2D eigenvalue weighted by Gasteiger charge is 2.19. The summed E-state index contributed by atoms with van der Waals surface area (Å²) in [6.07, 6.45) is 3.53. The van der Waals surface area contributed by atoms with Crippen LogP contribution in [0.5, 0.6) is 0 Å². The van der Waals surface area contributed by atoms with Crippen LogP contribution in [0.2, 0.25) is 0 Å². The van der Waals surface area contributed by atoms with Crippen molar-refractivity contribution in [1.82, 2.24) is 0 Å².